The highest BCUT2D eigenvalue weighted by Gasteiger charge is 2.40. The zero-order chi connectivity index (χ0) is 18.9. The fraction of sp³-hybridized carbons (Fsp3) is 0.444. The van der Waals surface area contributed by atoms with Crippen molar-refractivity contribution in [3.63, 3.8) is 0 Å². The van der Waals surface area contributed by atoms with Crippen LogP contribution in [0.2, 0.25) is 0 Å². The molecule has 1 aliphatic heterocycles. The van der Waals surface area contributed by atoms with Crippen molar-refractivity contribution in [2.45, 2.75) is 13.1 Å². The van der Waals surface area contributed by atoms with E-state index in [2.05, 4.69) is 12.0 Å². The predicted molar refractivity (Wildman–Crippen MR) is 90.3 cm³/mol. The van der Waals surface area contributed by atoms with Crippen molar-refractivity contribution in [1.82, 2.24) is 0 Å². The number of fused-ring (bicyclic) bond motifs is 1. The summed E-state index contributed by atoms with van der Waals surface area (Å²) >= 11 is 0. The topological polar surface area (TPSA) is 48.1 Å². The molecule has 1 aliphatic rings. The van der Waals surface area contributed by atoms with Crippen molar-refractivity contribution in [2.24, 2.45) is 0 Å². The molecule has 8 heteroatoms. The minimum Gasteiger partial charge on any atom is -0.462 e. The van der Waals surface area contributed by atoms with Crippen molar-refractivity contribution in [1.29, 1.82) is 0 Å². The summed E-state index contributed by atoms with van der Waals surface area (Å²) in [7, 11) is 2.06. The number of hydrogen-bond donors (Lipinski definition) is 1. The van der Waals surface area contributed by atoms with E-state index in [0.717, 1.165) is 19.2 Å². The number of piperazine rings is 1. The minimum absolute atomic E-state index is 0.240. The Bertz CT molecular complexity index is 815. The fourth-order valence-corrected chi connectivity index (χ4v) is 3.15. The molecule has 1 aromatic carbocycles. The van der Waals surface area contributed by atoms with Gasteiger partial charge in [-0.2, -0.15) is 13.2 Å². The van der Waals surface area contributed by atoms with Gasteiger partial charge in [0.05, 0.1) is 56.5 Å². The number of halogens is 3. The van der Waals surface area contributed by atoms with Crippen LogP contribution in [-0.2, 0) is 10.9 Å². The molecule has 0 saturated carbocycles. The summed E-state index contributed by atoms with van der Waals surface area (Å²) in [4.78, 5) is 17.8. The first-order chi connectivity index (χ1) is 12.3. The third kappa shape index (κ3) is 3.75. The molecule has 2 heterocycles. The van der Waals surface area contributed by atoms with Crippen LogP contribution in [0, 0.1) is 0 Å². The number of likely N-dealkylation sites (N-methyl/N-ethyl adjacent to an activating group) is 1. The van der Waals surface area contributed by atoms with Gasteiger partial charge in [0.1, 0.15) is 0 Å². The van der Waals surface area contributed by atoms with Crippen molar-refractivity contribution in [2.75, 3.05) is 44.7 Å². The number of nitrogens with one attached hydrogen (secondary N) is 2. The van der Waals surface area contributed by atoms with Crippen LogP contribution in [0.5, 0.6) is 0 Å². The fourth-order valence-electron chi connectivity index (χ4n) is 3.15. The maximum atomic E-state index is 13.3. The van der Waals surface area contributed by atoms with Gasteiger partial charge in [0.2, 0.25) is 5.52 Å². The molecular weight excluding hydrogens is 347 g/mol. The number of pyridine rings is 1. The molecule has 1 saturated heterocycles. The van der Waals surface area contributed by atoms with E-state index in [1.165, 1.54) is 17.0 Å². The molecule has 0 radical (unpaired) electrons. The summed E-state index contributed by atoms with van der Waals surface area (Å²) in [5.74, 6) is -0.483. The Morgan fingerprint density at radius 3 is 2.58 bits per heavy atom. The summed E-state index contributed by atoms with van der Waals surface area (Å²) < 4.78 is 44.9. The lowest BCUT2D eigenvalue weighted by molar-refractivity contribution is -0.880. The number of nitrogens with zero attached hydrogens (tertiary/aromatic N) is 1. The molecule has 5 nitrogen and oxygen atoms in total. The number of rotatable bonds is 3. The first-order valence-electron chi connectivity index (χ1n) is 8.60. The monoisotopic (exact) mass is 369 g/mol. The number of carbonyl (C=O) groups is 1. The third-order valence-electron chi connectivity index (χ3n) is 4.62. The smallest absolute Gasteiger partial charge is 0.462 e. The van der Waals surface area contributed by atoms with Gasteiger partial charge >= 0.3 is 12.1 Å². The average Bonchev–Trinajstić information content (AvgIpc) is 2.60. The van der Waals surface area contributed by atoms with Crippen LogP contribution in [0.3, 0.4) is 0 Å². The molecule has 1 aromatic heterocycles. The van der Waals surface area contributed by atoms with Crippen LogP contribution in [-0.4, -0.2) is 45.8 Å². The number of aromatic nitrogens is 1. The van der Waals surface area contributed by atoms with Crippen molar-refractivity contribution in [3.8, 4) is 0 Å². The van der Waals surface area contributed by atoms with Gasteiger partial charge in [-0.3, -0.25) is 0 Å². The van der Waals surface area contributed by atoms with Gasteiger partial charge in [0.25, 0.3) is 5.69 Å². The summed E-state index contributed by atoms with van der Waals surface area (Å²) in [6.07, 6.45) is -4.47. The van der Waals surface area contributed by atoms with E-state index in [4.69, 9.17) is 4.74 Å². The van der Waals surface area contributed by atoms with Gasteiger partial charge in [0.15, 0.2) is 0 Å². The molecule has 0 bridgehead atoms. The van der Waals surface area contributed by atoms with Gasteiger partial charge in [-0.1, -0.05) is 0 Å². The van der Waals surface area contributed by atoms with E-state index in [-0.39, 0.29) is 6.61 Å². The second-order valence-corrected chi connectivity index (χ2v) is 6.49. The first-order valence-corrected chi connectivity index (χ1v) is 8.60. The second-order valence-electron chi connectivity index (χ2n) is 6.49. The molecule has 1 fully saturated rings. The molecular formula is C18H22F3N3O2+2. The number of benzene rings is 1. The molecule has 0 atom stereocenters. The molecule has 2 N–H and O–H groups in total. The van der Waals surface area contributed by atoms with Gasteiger partial charge in [-0.15, -0.1) is 0 Å². The van der Waals surface area contributed by atoms with Crippen molar-refractivity contribution in [3.05, 3.63) is 35.5 Å². The third-order valence-corrected chi connectivity index (χ3v) is 4.62. The SMILES string of the molecule is CCOC(=O)c1ccc2[nH+]c(C(F)(F)F)cc(N3CC[NH+](C)CC3)c2c1. The highest BCUT2D eigenvalue weighted by atomic mass is 19.4. The van der Waals surface area contributed by atoms with Gasteiger partial charge < -0.3 is 14.5 Å². The molecule has 26 heavy (non-hydrogen) atoms. The lowest BCUT2D eigenvalue weighted by Gasteiger charge is -2.32. The van der Waals surface area contributed by atoms with Crippen LogP contribution >= 0.6 is 0 Å². The van der Waals surface area contributed by atoms with E-state index >= 15 is 0 Å². The first kappa shape index (κ1) is 18.4. The second kappa shape index (κ2) is 7.11. The van der Waals surface area contributed by atoms with Crippen LogP contribution in [0.1, 0.15) is 23.0 Å². The summed E-state index contributed by atoms with van der Waals surface area (Å²) in [6.45, 7) is 4.96. The van der Waals surface area contributed by atoms with Crippen molar-refractivity contribution < 1.29 is 32.6 Å². The minimum atomic E-state index is -4.47. The molecule has 0 spiro atoms. The van der Waals surface area contributed by atoms with E-state index in [1.54, 1.807) is 13.0 Å². The van der Waals surface area contributed by atoms with Crippen LogP contribution in [0.4, 0.5) is 18.9 Å². The largest absolute Gasteiger partial charge is 0.477 e. The van der Waals surface area contributed by atoms with Crippen LogP contribution in [0.25, 0.3) is 10.9 Å². The van der Waals surface area contributed by atoms with Crippen LogP contribution < -0.4 is 14.8 Å². The number of H-pyrrole nitrogens is 1. The summed E-state index contributed by atoms with van der Waals surface area (Å²) in [6, 6.07) is 5.72. The molecule has 3 rings (SSSR count). The Labute approximate surface area is 149 Å². The van der Waals surface area contributed by atoms with E-state index < -0.39 is 17.8 Å². The number of alkyl halides is 3. The normalized spacial score (nSPS) is 16.1. The molecule has 0 unspecified atom stereocenters. The molecule has 140 valence electrons. The van der Waals surface area contributed by atoms with E-state index in [9.17, 15) is 18.0 Å². The van der Waals surface area contributed by atoms with E-state index in [1.807, 2.05) is 4.90 Å². The zero-order valence-corrected chi connectivity index (χ0v) is 14.7. The maximum Gasteiger partial charge on any atom is 0.477 e. The zero-order valence-electron chi connectivity index (χ0n) is 14.7. The Morgan fingerprint density at radius 1 is 1.27 bits per heavy atom. The number of anilines is 1. The highest BCUT2D eigenvalue weighted by molar-refractivity contribution is 5.98. The maximum absolute atomic E-state index is 13.3. The van der Waals surface area contributed by atoms with E-state index in [0.29, 0.717) is 35.2 Å². The number of esters is 1. The van der Waals surface area contributed by atoms with Gasteiger partial charge in [-0.05, 0) is 19.1 Å². The van der Waals surface area contributed by atoms with Gasteiger partial charge in [-0.25, -0.2) is 9.78 Å². The predicted octanol–water partition coefficient (Wildman–Crippen LogP) is 1.18. The number of carbonyl (C=O) groups excluding carboxylic acids is 1. The summed E-state index contributed by atoms with van der Waals surface area (Å²) in [5.41, 5.74) is 0.363. The Balaban J connectivity index is 2.13. The highest BCUT2D eigenvalue weighted by Crippen LogP contribution is 2.33. The number of ether oxygens (including phenoxy) is 1. The standard InChI is InChI=1S/C18H20F3N3O2/c1-3-26-17(25)12-4-5-14-13(10-12)15(11-16(22-14)18(19,20)21)24-8-6-23(2)7-9-24/h4-5,10-11H,3,6-9H2,1-2H3/p+2. The Morgan fingerprint density at radius 2 is 1.96 bits per heavy atom. The quantitative estimate of drug-likeness (QED) is 0.827. The number of quaternary nitrogens is 1. The number of aromatic amines is 1. The summed E-state index contributed by atoms with van der Waals surface area (Å²) in [5, 5.41) is 0.586. The molecule has 0 aliphatic carbocycles. The van der Waals surface area contributed by atoms with Gasteiger partial charge in [0, 0.05) is 12.1 Å². The lowest BCUT2D eigenvalue weighted by Crippen LogP contribution is -3.12. The molecule has 0 amide bonds. The van der Waals surface area contributed by atoms with Crippen molar-refractivity contribution >= 4 is 22.6 Å². The Kier molecular flexibility index (Phi) is 5.04. The molecule has 2 aromatic rings. The number of hydrogen-bond acceptors (Lipinski definition) is 3. The lowest BCUT2D eigenvalue weighted by atomic mass is 10.1. The average molecular weight is 369 g/mol. The van der Waals surface area contributed by atoms with Crippen LogP contribution in [0.15, 0.2) is 24.3 Å². The Hall–Kier alpha value is -2.35.